The topological polar surface area (TPSA) is 68.0 Å². The number of benzene rings is 2. The van der Waals surface area contributed by atoms with Crippen LogP contribution >= 0.6 is 11.6 Å². The quantitative estimate of drug-likeness (QED) is 0.601. The molecule has 0 radical (unpaired) electrons. The molecule has 0 fully saturated rings. The highest BCUT2D eigenvalue weighted by Gasteiger charge is 2.16. The van der Waals surface area contributed by atoms with Gasteiger partial charge in [0.15, 0.2) is 5.65 Å². The monoisotopic (exact) mass is 327 g/mol. The third kappa shape index (κ3) is 2.39. The summed E-state index contributed by atoms with van der Waals surface area (Å²) in [6, 6.07) is 12.8. The number of nitrogens with zero attached hydrogens (tertiary/aromatic N) is 3. The van der Waals surface area contributed by atoms with Gasteiger partial charge >= 0.3 is 5.97 Å². The molecule has 0 atom stereocenters. The third-order valence-corrected chi connectivity index (χ3v) is 3.84. The lowest BCUT2D eigenvalue weighted by atomic mass is 10.2. The fourth-order valence-corrected chi connectivity index (χ4v) is 2.87. The summed E-state index contributed by atoms with van der Waals surface area (Å²) in [7, 11) is 0. The number of aromatic nitrogens is 3. The van der Waals surface area contributed by atoms with Crippen molar-refractivity contribution in [2.24, 2.45) is 0 Å². The van der Waals surface area contributed by atoms with Crippen molar-refractivity contribution in [3.63, 3.8) is 0 Å². The molecule has 6 heteroatoms. The van der Waals surface area contributed by atoms with Crippen molar-refractivity contribution in [3.05, 3.63) is 47.5 Å². The molecule has 2 aromatic carbocycles. The molecule has 0 aliphatic heterocycles. The Morgan fingerprint density at radius 1 is 1.13 bits per heavy atom. The van der Waals surface area contributed by atoms with E-state index in [-0.39, 0.29) is 14.0 Å². The Hall–Kier alpha value is -2.66. The van der Waals surface area contributed by atoms with Gasteiger partial charge < -0.3 is 9.67 Å². The summed E-state index contributed by atoms with van der Waals surface area (Å²) in [5.74, 6) is -0.927. The molecule has 0 bridgehead atoms. The molecule has 116 valence electrons. The predicted molar refractivity (Wildman–Crippen MR) is 91.9 cm³/mol. The average molecular weight is 328 g/mol. The highest BCUT2D eigenvalue weighted by Crippen LogP contribution is 2.30. The average Bonchev–Trinajstić information content (AvgIpc) is 2.78. The maximum Gasteiger partial charge on any atom is 0.323 e. The van der Waals surface area contributed by atoms with E-state index in [2.05, 4.69) is 9.97 Å². The number of aliphatic carboxylic acids is 1. The van der Waals surface area contributed by atoms with Crippen molar-refractivity contribution in [3.8, 4) is 0 Å². The number of fused-ring (bicyclic) bond motifs is 4. The van der Waals surface area contributed by atoms with Crippen molar-refractivity contribution >= 4 is 50.7 Å². The van der Waals surface area contributed by atoms with Gasteiger partial charge in [-0.15, -0.1) is 0 Å². The van der Waals surface area contributed by atoms with Crippen LogP contribution in [0.25, 0.3) is 33.1 Å². The van der Waals surface area contributed by atoms with E-state index in [0.717, 1.165) is 21.9 Å². The van der Waals surface area contributed by atoms with E-state index in [1.165, 1.54) is 0 Å². The second kappa shape index (κ2) is 5.52. The Morgan fingerprint density at radius 2 is 1.83 bits per heavy atom. The van der Waals surface area contributed by atoms with Gasteiger partial charge in [-0.1, -0.05) is 31.2 Å². The summed E-state index contributed by atoms with van der Waals surface area (Å²) in [6.45, 7) is -0.172. The zero-order chi connectivity index (χ0) is 15.3. The fraction of sp³-hybridized carbons (Fsp3) is 0.118. The van der Waals surface area contributed by atoms with Crippen LogP contribution in [0.15, 0.2) is 42.5 Å². The molecule has 0 aliphatic rings. The van der Waals surface area contributed by atoms with Gasteiger partial charge in [-0.25, -0.2) is 9.97 Å². The zero-order valence-corrected chi connectivity index (χ0v) is 12.1. The van der Waals surface area contributed by atoms with Gasteiger partial charge in [-0.2, -0.15) is 0 Å². The smallest absolute Gasteiger partial charge is 0.323 e. The molecule has 0 aliphatic carbocycles. The van der Waals surface area contributed by atoms with Gasteiger partial charge in [0.1, 0.15) is 12.1 Å². The molecule has 4 aromatic rings. The SMILES string of the molecule is C.O=C(O)Cn1c2ccc(Cl)cc2c2nc3ccccc3nc21. The Kier molecular flexibility index (Phi) is 3.66. The van der Waals surface area contributed by atoms with E-state index in [9.17, 15) is 9.90 Å². The summed E-state index contributed by atoms with van der Waals surface area (Å²) < 4.78 is 1.66. The summed E-state index contributed by atoms with van der Waals surface area (Å²) in [5, 5.41) is 10.6. The van der Waals surface area contributed by atoms with Gasteiger partial charge in [0.25, 0.3) is 0 Å². The molecule has 0 saturated carbocycles. The van der Waals surface area contributed by atoms with Crippen LogP contribution in [0.3, 0.4) is 0 Å². The Bertz CT molecular complexity index is 1060. The summed E-state index contributed by atoms with van der Waals surface area (Å²) in [6.07, 6.45) is 0. The van der Waals surface area contributed by atoms with E-state index < -0.39 is 5.97 Å². The first kappa shape index (κ1) is 15.2. The lowest BCUT2D eigenvalue weighted by Gasteiger charge is -2.03. The minimum atomic E-state index is -0.927. The van der Waals surface area contributed by atoms with Crippen molar-refractivity contribution in [2.75, 3.05) is 0 Å². The van der Waals surface area contributed by atoms with E-state index >= 15 is 0 Å². The Morgan fingerprint density at radius 3 is 2.52 bits per heavy atom. The summed E-state index contributed by atoms with van der Waals surface area (Å²) >= 11 is 6.08. The number of carboxylic acids is 1. The Labute approximate surface area is 137 Å². The van der Waals surface area contributed by atoms with Crippen molar-refractivity contribution < 1.29 is 9.90 Å². The first-order chi connectivity index (χ1) is 10.6. The van der Waals surface area contributed by atoms with Crippen LogP contribution < -0.4 is 0 Å². The van der Waals surface area contributed by atoms with Crippen LogP contribution in [0, 0.1) is 0 Å². The minimum absolute atomic E-state index is 0. The maximum atomic E-state index is 11.2. The molecule has 0 unspecified atom stereocenters. The van der Waals surface area contributed by atoms with E-state index in [1.807, 2.05) is 24.3 Å². The number of para-hydroxylation sites is 2. The van der Waals surface area contributed by atoms with Crippen molar-refractivity contribution in [2.45, 2.75) is 14.0 Å². The summed E-state index contributed by atoms with van der Waals surface area (Å²) in [5.41, 5.74) is 3.48. The van der Waals surface area contributed by atoms with Gasteiger partial charge in [-0.3, -0.25) is 4.79 Å². The van der Waals surface area contributed by atoms with Crippen LogP contribution in [0.2, 0.25) is 5.02 Å². The van der Waals surface area contributed by atoms with Gasteiger partial charge in [0.05, 0.1) is 16.6 Å². The van der Waals surface area contributed by atoms with Gasteiger partial charge in [0.2, 0.25) is 0 Å². The van der Waals surface area contributed by atoms with Crippen LogP contribution in [-0.2, 0) is 11.3 Å². The first-order valence-electron chi connectivity index (χ1n) is 6.69. The van der Waals surface area contributed by atoms with Crippen molar-refractivity contribution in [1.29, 1.82) is 0 Å². The van der Waals surface area contributed by atoms with Crippen LogP contribution in [0.1, 0.15) is 7.43 Å². The Balaban J connectivity index is 0.00000156. The molecule has 0 amide bonds. The van der Waals surface area contributed by atoms with E-state index in [1.54, 1.807) is 22.8 Å². The largest absolute Gasteiger partial charge is 0.480 e. The second-order valence-corrected chi connectivity index (χ2v) is 5.46. The first-order valence-corrected chi connectivity index (χ1v) is 7.07. The number of halogens is 1. The standard InChI is InChI=1S/C16H10ClN3O2.CH4/c17-9-5-6-13-10(7-9)15-16(20(13)8-14(21)22)19-12-4-2-1-3-11(12)18-15;/h1-7H,8H2,(H,21,22);1H4. The van der Waals surface area contributed by atoms with Gasteiger partial charge in [-0.05, 0) is 30.3 Å². The number of rotatable bonds is 2. The summed E-state index contributed by atoms with van der Waals surface area (Å²) in [4.78, 5) is 20.4. The van der Waals surface area contributed by atoms with E-state index in [0.29, 0.717) is 16.2 Å². The van der Waals surface area contributed by atoms with Crippen molar-refractivity contribution in [1.82, 2.24) is 14.5 Å². The maximum absolute atomic E-state index is 11.2. The molecule has 1 N–H and O–H groups in total. The number of hydrogen-bond donors (Lipinski definition) is 1. The normalized spacial score (nSPS) is 11.0. The molecule has 0 saturated heterocycles. The predicted octanol–water partition coefficient (Wildman–Crippen LogP) is 4.11. The zero-order valence-electron chi connectivity index (χ0n) is 11.3. The fourth-order valence-electron chi connectivity index (χ4n) is 2.70. The number of carboxylic acid groups (broad SMARTS) is 1. The van der Waals surface area contributed by atoms with Gasteiger partial charge in [0, 0.05) is 10.4 Å². The van der Waals surface area contributed by atoms with Crippen LogP contribution in [-0.4, -0.2) is 25.6 Å². The molecule has 4 rings (SSSR count). The highest BCUT2D eigenvalue weighted by molar-refractivity contribution is 6.31. The molecule has 2 heterocycles. The minimum Gasteiger partial charge on any atom is -0.480 e. The molecular formula is C17H14ClN3O2. The number of carbonyl (C=O) groups is 1. The molecule has 2 aromatic heterocycles. The highest BCUT2D eigenvalue weighted by atomic mass is 35.5. The third-order valence-electron chi connectivity index (χ3n) is 3.61. The number of hydrogen-bond acceptors (Lipinski definition) is 3. The second-order valence-electron chi connectivity index (χ2n) is 5.03. The lowest BCUT2D eigenvalue weighted by Crippen LogP contribution is -2.09. The molecular weight excluding hydrogens is 314 g/mol. The lowest BCUT2D eigenvalue weighted by molar-refractivity contribution is -0.137. The molecule has 23 heavy (non-hydrogen) atoms. The molecule has 5 nitrogen and oxygen atoms in total. The van der Waals surface area contributed by atoms with Crippen LogP contribution in [0.4, 0.5) is 0 Å². The van der Waals surface area contributed by atoms with E-state index in [4.69, 9.17) is 11.6 Å². The molecule has 0 spiro atoms. The van der Waals surface area contributed by atoms with Crippen LogP contribution in [0.5, 0.6) is 0 Å².